The number of methoxy groups -OCH3 is 1. The summed E-state index contributed by atoms with van der Waals surface area (Å²) in [6, 6.07) is 5.25. The molecule has 6 nitrogen and oxygen atoms in total. The molecule has 0 spiro atoms. The molecule has 4 rings (SSSR count). The maximum absolute atomic E-state index is 13.1. The molecule has 0 saturated carbocycles. The molecule has 1 saturated heterocycles. The van der Waals surface area contributed by atoms with Gasteiger partial charge in [0.15, 0.2) is 0 Å². The number of hydrogen-bond acceptors (Lipinski definition) is 6. The van der Waals surface area contributed by atoms with E-state index in [-0.39, 0.29) is 17.4 Å². The highest BCUT2D eigenvalue weighted by Gasteiger charge is 2.34. The largest absolute Gasteiger partial charge is 0.490 e. The Balaban J connectivity index is 1.51. The molecule has 8 heteroatoms. The lowest BCUT2D eigenvalue weighted by atomic mass is 9.72. The molecule has 1 N–H and O–H groups in total. The maximum atomic E-state index is 13.1. The number of carbonyl (C=O) groups excluding carboxylic acids is 2. The summed E-state index contributed by atoms with van der Waals surface area (Å²) < 4.78 is 17.2. The predicted molar refractivity (Wildman–Crippen MR) is 137 cm³/mol. The second kappa shape index (κ2) is 10.4. The normalized spacial score (nSPS) is 20.0. The number of anilines is 1. The number of amides is 1. The molecule has 1 aromatic carbocycles. The first-order valence-corrected chi connectivity index (χ1v) is 13.4. The third kappa shape index (κ3) is 5.50. The van der Waals surface area contributed by atoms with Crippen molar-refractivity contribution < 1.29 is 23.8 Å². The van der Waals surface area contributed by atoms with E-state index in [1.54, 1.807) is 18.2 Å². The van der Waals surface area contributed by atoms with Gasteiger partial charge in [0.1, 0.15) is 17.4 Å². The van der Waals surface area contributed by atoms with E-state index in [9.17, 15) is 9.59 Å². The van der Waals surface area contributed by atoms with Gasteiger partial charge >= 0.3 is 5.97 Å². The molecule has 2 heterocycles. The first-order chi connectivity index (χ1) is 16.2. The first kappa shape index (κ1) is 25.2. The van der Waals surface area contributed by atoms with Gasteiger partial charge in [-0.05, 0) is 83.1 Å². The number of fused-ring (bicyclic) bond motifs is 1. The molecule has 184 valence electrons. The second-order valence-corrected chi connectivity index (χ2v) is 12.0. The van der Waals surface area contributed by atoms with E-state index in [1.165, 1.54) is 23.3 Å². The highest BCUT2D eigenvalue weighted by Crippen LogP contribution is 2.44. The lowest BCUT2D eigenvalue weighted by Gasteiger charge is -2.33. The smallest absolute Gasteiger partial charge is 0.341 e. The summed E-state index contributed by atoms with van der Waals surface area (Å²) in [5, 5.41) is 3.53. The molecule has 2 unspecified atom stereocenters. The van der Waals surface area contributed by atoms with E-state index in [4.69, 9.17) is 14.2 Å². The second-order valence-electron chi connectivity index (χ2n) is 10.1. The van der Waals surface area contributed by atoms with E-state index >= 15 is 0 Å². The summed E-state index contributed by atoms with van der Waals surface area (Å²) in [6.07, 6.45) is 4.93. The van der Waals surface area contributed by atoms with E-state index in [2.05, 4.69) is 42.0 Å². The van der Waals surface area contributed by atoms with Crippen LogP contribution in [0.1, 0.15) is 71.2 Å². The Hall–Kier alpha value is -1.90. The van der Waals surface area contributed by atoms with E-state index < -0.39 is 5.97 Å². The molecule has 0 bridgehead atoms. The molecule has 2 atom stereocenters. The molecule has 1 fully saturated rings. The van der Waals surface area contributed by atoms with Gasteiger partial charge in [-0.2, -0.15) is 0 Å². The Morgan fingerprint density at radius 2 is 2.06 bits per heavy atom. The molecule has 1 aliphatic heterocycles. The Bertz CT molecular complexity index is 1070. The van der Waals surface area contributed by atoms with Crippen LogP contribution in [-0.2, 0) is 22.3 Å². The highest BCUT2D eigenvalue weighted by atomic mass is 79.9. The van der Waals surface area contributed by atoms with Crippen LogP contribution in [0.5, 0.6) is 5.75 Å². The van der Waals surface area contributed by atoms with Crippen molar-refractivity contribution in [2.24, 2.45) is 11.3 Å². The van der Waals surface area contributed by atoms with E-state index in [0.29, 0.717) is 38.9 Å². The van der Waals surface area contributed by atoms with Crippen LogP contribution in [0, 0.1) is 11.3 Å². The van der Waals surface area contributed by atoms with Crippen LogP contribution in [-0.4, -0.2) is 38.3 Å². The van der Waals surface area contributed by atoms with Crippen molar-refractivity contribution >= 4 is 44.1 Å². The Labute approximate surface area is 213 Å². The average molecular weight is 551 g/mol. The Kier molecular flexibility index (Phi) is 7.69. The molecular weight excluding hydrogens is 518 g/mol. The molecule has 2 aliphatic rings. The summed E-state index contributed by atoms with van der Waals surface area (Å²) in [5.41, 5.74) is 2.19. The Morgan fingerprint density at radius 3 is 2.71 bits per heavy atom. The maximum Gasteiger partial charge on any atom is 0.341 e. The van der Waals surface area contributed by atoms with Gasteiger partial charge in [-0.3, -0.25) is 4.79 Å². The zero-order valence-electron chi connectivity index (χ0n) is 20.2. The minimum Gasteiger partial charge on any atom is -0.490 e. The standard InChI is InChI=1S/C26H32BrNO5S/c1-26(2,3)16-8-9-18-21(13-16)34-24(22(18)25(30)31-4)28-23(29)15-7-10-20(19(27)12-15)33-14-17-6-5-11-32-17/h7,10,12,16-17H,5-6,8-9,11,13-14H2,1-4H3,(H,28,29). The van der Waals surface area contributed by atoms with Crippen molar-refractivity contribution in [3.63, 3.8) is 0 Å². The molecule has 0 radical (unpaired) electrons. The summed E-state index contributed by atoms with van der Waals surface area (Å²) in [7, 11) is 1.38. The van der Waals surface area contributed by atoms with Crippen molar-refractivity contribution in [1.29, 1.82) is 0 Å². The van der Waals surface area contributed by atoms with Gasteiger partial charge in [-0.25, -0.2) is 4.79 Å². The summed E-state index contributed by atoms with van der Waals surface area (Å²) in [4.78, 5) is 26.9. The molecule has 1 aromatic heterocycles. The summed E-state index contributed by atoms with van der Waals surface area (Å²) in [6.45, 7) is 8.04. The third-order valence-corrected chi connectivity index (χ3v) is 8.54. The van der Waals surface area contributed by atoms with Crippen LogP contribution >= 0.6 is 27.3 Å². The molecule has 34 heavy (non-hydrogen) atoms. The number of ether oxygens (including phenoxy) is 3. The average Bonchev–Trinajstić information content (AvgIpc) is 3.44. The van der Waals surface area contributed by atoms with Gasteiger partial charge in [0, 0.05) is 17.0 Å². The topological polar surface area (TPSA) is 73.9 Å². The fraction of sp³-hybridized carbons (Fsp3) is 0.538. The summed E-state index contributed by atoms with van der Waals surface area (Å²) in [5.74, 6) is 0.525. The van der Waals surface area contributed by atoms with Gasteiger partial charge < -0.3 is 19.5 Å². The van der Waals surface area contributed by atoms with Crippen LogP contribution in [0.3, 0.4) is 0 Å². The summed E-state index contributed by atoms with van der Waals surface area (Å²) >= 11 is 5.01. The Morgan fingerprint density at radius 1 is 1.26 bits per heavy atom. The number of nitrogens with one attached hydrogen (secondary N) is 1. The lowest BCUT2D eigenvalue weighted by molar-refractivity contribution is 0.0600. The number of hydrogen-bond donors (Lipinski definition) is 1. The van der Waals surface area contributed by atoms with Crippen LogP contribution in [0.4, 0.5) is 5.00 Å². The number of esters is 1. The number of halogens is 1. The predicted octanol–water partition coefficient (Wildman–Crippen LogP) is 6.26. The molecule has 2 aromatic rings. The SMILES string of the molecule is COC(=O)c1c(NC(=O)c2ccc(OCC3CCCO3)c(Br)c2)sc2c1CCC(C(C)(C)C)C2. The first-order valence-electron chi connectivity index (χ1n) is 11.8. The van der Waals surface area contributed by atoms with E-state index in [1.807, 2.05) is 0 Å². The number of carbonyl (C=O) groups is 2. The van der Waals surface area contributed by atoms with Crippen LogP contribution < -0.4 is 10.1 Å². The van der Waals surface area contributed by atoms with Gasteiger partial charge in [0.25, 0.3) is 5.91 Å². The lowest BCUT2D eigenvalue weighted by Crippen LogP contribution is -2.26. The van der Waals surface area contributed by atoms with Crippen LogP contribution in [0.25, 0.3) is 0 Å². The molecule has 1 aliphatic carbocycles. The zero-order chi connectivity index (χ0) is 24.5. The molecular formula is C26H32BrNO5S. The van der Waals surface area contributed by atoms with Gasteiger partial charge in [-0.1, -0.05) is 20.8 Å². The van der Waals surface area contributed by atoms with Crippen molar-refractivity contribution in [2.75, 3.05) is 25.6 Å². The minimum absolute atomic E-state index is 0.120. The monoisotopic (exact) mass is 549 g/mol. The quantitative estimate of drug-likeness (QED) is 0.430. The van der Waals surface area contributed by atoms with Crippen molar-refractivity contribution in [2.45, 2.75) is 59.0 Å². The molecule has 1 amide bonds. The van der Waals surface area contributed by atoms with Gasteiger partial charge in [0.2, 0.25) is 0 Å². The van der Waals surface area contributed by atoms with Crippen molar-refractivity contribution in [3.8, 4) is 5.75 Å². The van der Waals surface area contributed by atoms with Crippen molar-refractivity contribution in [3.05, 3.63) is 44.2 Å². The van der Waals surface area contributed by atoms with Crippen molar-refractivity contribution in [1.82, 2.24) is 0 Å². The highest BCUT2D eigenvalue weighted by molar-refractivity contribution is 9.10. The fourth-order valence-corrected chi connectivity index (χ4v) is 6.43. The fourth-order valence-electron chi connectivity index (χ4n) is 4.62. The third-order valence-electron chi connectivity index (χ3n) is 6.75. The number of benzene rings is 1. The minimum atomic E-state index is -0.402. The van der Waals surface area contributed by atoms with Crippen LogP contribution in [0.2, 0.25) is 0 Å². The van der Waals surface area contributed by atoms with Gasteiger partial charge in [0.05, 0.1) is 23.2 Å². The number of rotatable bonds is 6. The number of thiophene rings is 1. The van der Waals surface area contributed by atoms with Gasteiger partial charge in [-0.15, -0.1) is 11.3 Å². The van der Waals surface area contributed by atoms with Crippen LogP contribution in [0.15, 0.2) is 22.7 Å². The van der Waals surface area contributed by atoms with E-state index in [0.717, 1.165) is 44.3 Å². The zero-order valence-corrected chi connectivity index (χ0v) is 22.6.